The molecule has 0 aliphatic carbocycles. The molecule has 7 heteroatoms. The van der Waals surface area contributed by atoms with Crippen molar-refractivity contribution in [3.8, 4) is 0 Å². The van der Waals surface area contributed by atoms with E-state index in [0.29, 0.717) is 0 Å². The number of hydrogen-bond acceptors (Lipinski definition) is 7. The van der Waals surface area contributed by atoms with E-state index in [0.717, 1.165) is 0 Å². The molecule has 0 aromatic rings. The van der Waals surface area contributed by atoms with E-state index >= 15 is 0 Å². The molecule has 2 N–H and O–H groups in total. The lowest BCUT2D eigenvalue weighted by molar-refractivity contribution is -0.342. The third-order valence-electron chi connectivity index (χ3n) is 4.08. The van der Waals surface area contributed by atoms with Gasteiger partial charge in [0.15, 0.2) is 0 Å². The van der Waals surface area contributed by atoms with Crippen LogP contribution in [0.1, 0.15) is 27.7 Å². The Labute approximate surface area is 127 Å². The maximum atomic E-state index is 10.1. The molecule has 0 fully saturated rings. The van der Waals surface area contributed by atoms with Crippen molar-refractivity contribution in [1.29, 1.82) is 0 Å². The molecular weight excluding hydrogens is 280 g/mol. The van der Waals surface area contributed by atoms with Gasteiger partial charge in [-0.1, -0.05) is 0 Å². The molecule has 128 valence electrons. The van der Waals surface area contributed by atoms with E-state index in [2.05, 4.69) is 0 Å². The lowest BCUT2D eigenvalue weighted by Gasteiger charge is -2.42. The molecule has 0 rings (SSSR count). The maximum Gasteiger partial charge on any atom is 0.220 e. The molecule has 0 aromatic heterocycles. The van der Waals surface area contributed by atoms with Crippen molar-refractivity contribution in [2.75, 3.05) is 28.4 Å². The molecule has 0 radical (unpaired) electrons. The minimum atomic E-state index is -2.15. The van der Waals surface area contributed by atoms with Gasteiger partial charge in [-0.25, -0.2) is 0 Å². The molecule has 0 amide bonds. The van der Waals surface area contributed by atoms with Gasteiger partial charge in [-0.2, -0.15) is 0 Å². The minimum Gasteiger partial charge on any atom is -0.376 e. The van der Waals surface area contributed by atoms with Crippen LogP contribution in [0.15, 0.2) is 0 Å². The average Bonchev–Trinajstić information content (AvgIpc) is 2.47. The molecule has 4 atom stereocenters. The first-order valence-corrected chi connectivity index (χ1v) is 6.90. The van der Waals surface area contributed by atoms with E-state index in [9.17, 15) is 10.2 Å². The van der Waals surface area contributed by atoms with Gasteiger partial charge in [0.2, 0.25) is 11.6 Å². The van der Waals surface area contributed by atoms with Crippen LogP contribution in [0.2, 0.25) is 0 Å². The van der Waals surface area contributed by atoms with E-state index in [4.69, 9.17) is 23.7 Å². The molecular formula is C14H30O7. The number of hydrogen-bond donors (Lipinski definition) is 2. The van der Waals surface area contributed by atoms with Crippen molar-refractivity contribution in [3.05, 3.63) is 0 Å². The summed E-state index contributed by atoms with van der Waals surface area (Å²) in [5.41, 5.74) is 0. The van der Waals surface area contributed by atoms with E-state index in [-0.39, 0.29) is 0 Å². The highest BCUT2D eigenvalue weighted by Crippen LogP contribution is 2.29. The van der Waals surface area contributed by atoms with Crippen molar-refractivity contribution < 1.29 is 33.9 Å². The average molecular weight is 310 g/mol. The van der Waals surface area contributed by atoms with Crippen LogP contribution in [0.4, 0.5) is 0 Å². The van der Waals surface area contributed by atoms with Crippen molar-refractivity contribution in [2.24, 2.45) is 0 Å². The fourth-order valence-corrected chi connectivity index (χ4v) is 2.25. The van der Waals surface area contributed by atoms with Crippen LogP contribution in [-0.4, -0.2) is 74.6 Å². The fraction of sp³-hybridized carbons (Fsp3) is 1.00. The molecule has 0 heterocycles. The second-order valence-corrected chi connectivity index (χ2v) is 5.09. The second kappa shape index (κ2) is 8.38. The van der Waals surface area contributed by atoms with Crippen LogP contribution >= 0.6 is 0 Å². The SMILES string of the molecule is COC(C)C(O)(O)C(C)OC(C)C(OC)(OC)C(C)OC. The van der Waals surface area contributed by atoms with Crippen LogP contribution in [0, 0.1) is 0 Å². The summed E-state index contributed by atoms with van der Waals surface area (Å²) in [5, 5.41) is 20.2. The molecule has 0 aromatic carbocycles. The summed E-state index contributed by atoms with van der Waals surface area (Å²) >= 11 is 0. The van der Waals surface area contributed by atoms with Crippen LogP contribution in [-0.2, 0) is 23.7 Å². The van der Waals surface area contributed by atoms with Gasteiger partial charge in [0, 0.05) is 28.4 Å². The normalized spacial score (nSPS) is 19.1. The van der Waals surface area contributed by atoms with Gasteiger partial charge in [-0.15, -0.1) is 0 Å². The Morgan fingerprint density at radius 2 is 1.10 bits per heavy atom. The smallest absolute Gasteiger partial charge is 0.220 e. The zero-order valence-corrected chi connectivity index (χ0v) is 14.2. The van der Waals surface area contributed by atoms with Crippen LogP contribution in [0.25, 0.3) is 0 Å². The first-order chi connectivity index (χ1) is 9.63. The number of aliphatic hydroxyl groups is 2. The van der Waals surface area contributed by atoms with E-state index in [1.807, 2.05) is 0 Å². The molecule has 21 heavy (non-hydrogen) atoms. The van der Waals surface area contributed by atoms with E-state index in [1.54, 1.807) is 27.7 Å². The second-order valence-electron chi connectivity index (χ2n) is 5.09. The van der Waals surface area contributed by atoms with Crippen LogP contribution < -0.4 is 0 Å². The van der Waals surface area contributed by atoms with Crippen molar-refractivity contribution in [3.63, 3.8) is 0 Å². The quantitative estimate of drug-likeness (QED) is 0.569. The highest BCUT2D eigenvalue weighted by Gasteiger charge is 2.47. The van der Waals surface area contributed by atoms with Gasteiger partial charge in [0.1, 0.15) is 24.4 Å². The lowest BCUT2D eigenvalue weighted by atomic mass is 10.0. The topological polar surface area (TPSA) is 86.6 Å². The Bertz CT molecular complexity index is 291. The molecule has 0 bridgehead atoms. The predicted octanol–water partition coefficient (Wildman–Crippen LogP) is 0.520. The van der Waals surface area contributed by atoms with Crippen LogP contribution in [0.3, 0.4) is 0 Å². The lowest BCUT2D eigenvalue weighted by Crippen LogP contribution is -2.59. The summed E-state index contributed by atoms with van der Waals surface area (Å²) in [6.07, 6.45) is -2.81. The van der Waals surface area contributed by atoms with E-state index in [1.165, 1.54) is 28.4 Å². The largest absolute Gasteiger partial charge is 0.376 e. The molecule has 0 aliphatic rings. The summed E-state index contributed by atoms with van der Waals surface area (Å²) in [4.78, 5) is 0. The third-order valence-corrected chi connectivity index (χ3v) is 4.08. The van der Waals surface area contributed by atoms with Gasteiger partial charge in [0.25, 0.3) is 0 Å². The maximum absolute atomic E-state index is 10.1. The van der Waals surface area contributed by atoms with Crippen molar-refractivity contribution in [1.82, 2.24) is 0 Å². The molecule has 0 aliphatic heterocycles. The Kier molecular flexibility index (Phi) is 8.27. The number of rotatable bonds is 10. The summed E-state index contributed by atoms with van der Waals surface area (Å²) in [6, 6.07) is 0. The van der Waals surface area contributed by atoms with Gasteiger partial charge in [-0.05, 0) is 27.7 Å². The highest BCUT2D eigenvalue weighted by molar-refractivity contribution is 4.87. The van der Waals surface area contributed by atoms with Gasteiger partial charge in [-0.3, -0.25) is 0 Å². The minimum absolute atomic E-state index is 0.429. The zero-order valence-electron chi connectivity index (χ0n) is 14.2. The third kappa shape index (κ3) is 4.35. The molecule has 7 nitrogen and oxygen atoms in total. The first-order valence-electron chi connectivity index (χ1n) is 6.90. The monoisotopic (exact) mass is 310 g/mol. The summed E-state index contributed by atoms with van der Waals surface area (Å²) in [7, 11) is 5.88. The Morgan fingerprint density at radius 1 is 0.667 bits per heavy atom. The summed E-state index contributed by atoms with van der Waals surface area (Å²) < 4.78 is 26.8. The Morgan fingerprint density at radius 3 is 1.43 bits per heavy atom. The van der Waals surface area contributed by atoms with Crippen molar-refractivity contribution in [2.45, 2.75) is 63.7 Å². The summed E-state index contributed by atoms with van der Waals surface area (Å²) in [5.74, 6) is -3.32. The summed E-state index contributed by atoms with van der Waals surface area (Å²) in [6.45, 7) is 6.58. The highest BCUT2D eigenvalue weighted by atomic mass is 16.7. The number of methoxy groups -OCH3 is 4. The standard InChI is InChI=1S/C14H30O7/c1-9(17-5)13(15,16)10(2)21-12(4)14(19-7,20-8)11(3)18-6/h9-12,15-16H,1-8H3. The zero-order chi connectivity index (χ0) is 16.8. The van der Waals surface area contributed by atoms with Crippen molar-refractivity contribution >= 4 is 0 Å². The van der Waals surface area contributed by atoms with Crippen LogP contribution in [0.5, 0.6) is 0 Å². The fourth-order valence-electron chi connectivity index (χ4n) is 2.25. The molecule has 0 saturated heterocycles. The first kappa shape index (κ1) is 20.7. The Hall–Kier alpha value is -0.280. The molecule has 4 unspecified atom stereocenters. The molecule has 0 saturated carbocycles. The van der Waals surface area contributed by atoms with Gasteiger partial charge >= 0.3 is 0 Å². The van der Waals surface area contributed by atoms with Gasteiger partial charge in [0.05, 0.1) is 0 Å². The Balaban J connectivity index is 5.11. The predicted molar refractivity (Wildman–Crippen MR) is 76.9 cm³/mol. The molecule has 0 spiro atoms. The number of ether oxygens (including phenoxy) is 5. The van der Waals surface area contributed by atoms with Gasteiger partial charge < -0.3 is 33.9 Å². The van der Waals surface area contributed by atoms with E-state index < -0.39 is 36.0 Å².